The monoisotopic (exact) mass is 419 g/mol. The zero-order chi connectivity index (χ0) is 18.4. The summed E-state index contributed by atoms with van der Waals surface area (Å²) in [5.74, 6) is -0.154. The maximum Gasteiger partial charge on any atom is 0.339 e. The number of carbonyl (C=O) groups is 1. The van der Waals surface area contributed by atoms with Gasteiger partial charge in [0.1, 0.15) is 0 Å². The lowest BCUT2D eigenvalue weighted by atomic mass is 10.2. The molecular weight excluding hydrogens is 405 g/mol. The first-order chi connectivity index (χ1) is 11.8. The van der Waals surface area contributed by atoms with Crippen LogP contribution < -0.4 is 4.72 Å². The van der Waals surface area contributed by atoms with Gasteiger partial charge in [-0.1, -0.05) is 23.2 Å². The lowest BCUT2D eigenvalue weighted by Gasteiger charge is -2.09. The standard InChI is InChI=1S/C16H15Cl2NO4S2/c1-23-16(20)14-10-13(6-7-15(14)18)25(21,22)19-8-9-24-12-4-2-11(17)3-5-12/h2-7,10,19H,8-9H2,1H3. The van der Waals surface area contributed by atoms with E-state index in [0.717, 1.165) is 4.90 Å². The minimum absolute atomic E-state index is 0.00239. The summed E-state index contributed by atoms with van der Waals surface area (Å²) in [6.07, 6.45) is 0. The van der Waals surface area contributed by atoms with Gasteiger partial charge >= 0.3 is 5.97 Å². The Morgan fingerprint density at radius 2 is 1.84 bits per heavy atom. The Kier molecular flexibility index (Phi) is 7.15. The number of methoxy groups -OCH3 is 1. The molecule has 2 rings (SSSR count). The minimum Gasteiger partial charge on any atom is -0.465 e. The van der Waals surface area contributed by atoms with Crippen molar-refractivity contribution in [2.75, 3.05) is 19.4 Å². The molecule has 0 amide bonds. The summed E-state index contributed by atoms with van der Waals surface area (Å²) in [6, 6.07) is 11.2. The van der Waals surface area contributed by atoms with Crippen molar-refractivity contribution < 1.29 is 17.9 Å². The molecule has 2 aromatic rings. The van der Waals surface area contributed by atoms with Gasteiger partial charge in [-0.25, -0.2) is 17.9 Å². The smallest absolute Gasteiger partial charge is 0.339 e. The topological polar surface area (TPSA) is 72.5 Å². The van der Waals surface area contributed by atoms with Gasteiger partial charge in [0.15, 0.2) is 0 Å². The Morgan fingerprint density at radius 3 is 2.48 bits per heavy atom. The summed E-state index contributed by atoms with van der Waals surface area (Å²) in [5, 5.41) is 0.776. The van der Waals surface area contributed by atoms with Crippen LogP contribution in [0.25, 0.3) is 0 Å². The molecule has 0 bridgehead atoms. The summed E-state index contributed by atoms with van der Waals surface area (Å²) in [5.41, 5.74) is 0.00239. The van der Waals surface area contributed by atoms with Crippen LogP contribution in [0.15, 0.2) is 52.3 Å². The number of thioether (sulfide) groups is 1. The summed E-state index contributed by atoms with van der Waals surface area (Å²) in [7, 11) is -2.55. The Balaban J connectivity index is 1.99. The fraction of sp³-hybridized carbons (Fsp3) is 0.188. The van der Waals surface area contributed by atoms with Crippen LogP contribution in [-0.2, 0) is 14.8 Å². The average molecular weight is 420 g/mol. The van der Waals surface area contributed by atoms with Gasteiger partial charge in [-0.15, -0.1) is 11.8 Å². The second-order valence-corrected chi connectivity index (χ2v) is 8.61. The predicted molar refractivity (Wildman–Crippen MR) is 100 cm³/mol. The number of rotatable bonds is 7. The molecule has 0 aromatic heterocycles. The van der Waals surface area contributed by atoms with Gasteiger partial charge in [-0.05, 0) is 42.5 Å². The number of nitrogens with one attached hydrogen (secondary N) is 1. The number of carbonyl (C=O) groups excluding carboxylic acids is 1. The molecule has 1 N–H and O–H groups in total. The highest BCUT2D eigenvalue weighted by atomic mass is 35.5. The van der Waals surface area contributed by atoms with Crippen molar-refractivity contribution in [1.29, 1.82) is 0 Å². The highest BCUT2D eigenvalue weighted by molar-refractivity contribution is 7.99. The second kappa shape index (κ2) is 8.91. The van der Waals surface area contributed by atoms with Crippen molar-refractivity contribution in [3.63, 3.8) is 0 Å². The lowest BCUT2D eigenvalue weighted by molar-refractivity contribution is 0.0600. The van der Waals surface area contributed by atoms with E-state index in [1.807, 2.05) is 12.1 Å². The fourth-order valence-corrected chi connectivity index (χ4v) is 4.17. The predicted octanol–water partition coefficient (Wildman–Crippen LogP) is 3.85. The summed E-state index contributed by atoms with van der Waals surface area (Å²) < 4.78 is 31.7. The Labute approximate surface area is 160 Å². The molecule has 0 atom stereocenters. The summed E-state index contributed by atoms with van der Waals surface area (Å²) >= 11 is 13.2. The molecule has 9 heteroatoms. The third-order valence-electron chi connectivity index (χ3n) is 3.13. The first kappa shape index (κ1) is 20.1. The largest absolute Gasteiger partial charge is 0.465 e. The lowest BCUT2D eigenvalue weighted by Crippen LogP contribution is -2.26. The number of ether oxygens (including phenoxy) is 1. The summed E-state index contributed by atoms with van der Waals surface area (Å²) in [4.78, 5) is 12.6. The average Bonchev–Trinajstić information content (AvgIpc) is 2.60. The number of hydrogen-bond donors (Lipinski definition) is 1. The van der Waals surface area contributed by atoms with Crippen LogP contribution in [0, 0.1) is 0 Å². The van der Waals surface area contributed by atoms with Gasteiger partial charge in [0.25, 0.3) is 0 Å². The molecule has 0 saturated heterocycles. The minimum atomic E-state index is -3.75. The molecule has 0 aliphatic rings. The van der Waals surface area contributed by atoms with Crippen LogP contribution in [0.1, 0.15) is 10.4 Å². The summed E-state index contributed by atoms with van der Waals surface area (Å²) in [6.45, 7) is 0.228. The van der Waals surface area contributed by atoms with E-state index in [1.54, 1.807) is 12.1 Å². The molecule has 0 spiro atoms. The highest BCUT2D eigenvalue weighted by Gasteiger charge is 2.18. The van der Waals surface area contributed by atoms with E-state index in [1.165, 1.54) is 37.1 Å². The molecule has 0 unspecified atom stereocenters. The molecule has 0 heterocycles. The van der Waals surface area contributed by atoms with Crippen molar-refractivity contribution in [3.8, 4) is 0 Å². The molecule has 5 nitrogen and oxygen atoms in total. The van der Waals surface area contributed by atoms with Gasteiger partial charge < -0.3 is 4.74 Å². The van der Waals surface area contributed by atoms with Crippen LogP contribution in [0.5, 0.6) is 0 Å². The number of esters is 1. The van der Waals surface area contributed by atoms with Crippen LogP contribution in [0.4, 0.5) is 0 Å². The maximum absolute atomic E-state index is 12.3. The van der Waals surface area contributed by atoms with Crippen molar-refractivity contribution in [3.05, 3.63) is 58.1 Å². The zero-order valence-electron chi connectivity index (χ0n) is 13.2. The maximum atomic E-state index is 12.3. The van der Waals surface area contributed by atoms with Crippen molar-refractivity contribution in [2.24, 2.45) is 0 Å². The Bertz CT molecular complexity index is 855. The fourth-order valence-electron chi connectivity index (χ4n) is 1.90. The Morgan fingerprint density at radius 1 is 1.16 bits per heavy atom. The number of sulfonamides is 1. The molecule has 0 aliphatic carbocycles. The quantitative estimate of drug-likeness (QED) is 0.419. The molecular formula is C16H15Cl2NO4S2. The van der Waals surface area contributed by atoms with E-state index in [4.69, 9.17) is 23.2 Å². The van der Waals surface area contributed by atoms with Crippen LogP contribution in [0.2, 0.25) is 10.0 Å². The van der Waals surface area contributed by atoms with Gasteiger partial charge in [0, 0.05) is 22.2 Å². The number of hydrogen-bond acceptors (Lipinski definition) is 5. The van der Waals surface area contributed by atoms with Crippen LogP contribution in [0.3, 0.4) is 0 Å². The molecule has 0 fully saturated rings. The normalized spacial score (nSPS) is 11.3. The van der Waals surface area contributed by atoms with Crippen LogP contribution in [-0.4, -0.2) is 33.8 Å². The van der Waals surface area contributed by atoms with E-state index in [0.29, 0.717) is 10.8 Å². The van der Waals surface area contributed by atoms with E-state index < -0.39 is 16.0 Å². The van der Waals surface area contributed by atoms with Gasteiger partial charge in [-0.2, -0.15) is 0 Å². The first-order valence-corrected chi connectivity index (χ1v) is 10.3. The molecule has 0 aliphatic heterocycles. The molecule has 2 aromatic carbocycles. The van der Waals surface area contributed by atoms with E-state index in [2.05, 4.69) is 9.46 Å². The third kappa shape index (κ3) is 5.62. The SMILES string of the molecule is COC(=O)c1cc(S(=O)(=O)NCCSc2ccc(Cl)cc2)ccc1Cl. The molecule has 134 valence electrons. The van der Waals surface area contributed by atoms with E-state index in [9.17, 15) is 13.2 Å². The van der Waals surface area contributed by atoms with Gasteiger partial charge in [0.05, 0.1) is 22.6 Å². The second-order valence-electron chi connectivity index (χ2n) is 4.83. The first-order valence-electron chi connectivity index (χ1n) is 7.09. The molecule has 0 saturated carbocycles. The molecule has 25 heavy (non-hydrogen) atoms. The Hall–Kier alpha value is -1.25. The van der Waals surface area contributed by atoms with Crippen molar-refractivity contribution >= 4 is 51.0 Å². The molecule has 0 radical (unpaired) electrons. The zero-order valence-corrected chi connectivity index (χ0v) is 16.3. The van der Waals surface area contributed by atoms with E-state index in [-0.39, 0.29) is 22.0 Å². The number of benzene rings is 2. The van der Waals surface area contributed by atoms with Gasteiger partial charge in [-0.3, -0.25) is 0 Å². The highest BCUT2D eigenvalue weighted by Crippen LogP contribution is 2.22. The van der Waals surface area contributed by atoms with Gasteiger partial charge in [0.2, 0.25) is 10.0 Å². The number of halogens is 2. The van der Waals surface area contributed by atoms with E-state index >= 15 is 0 Å². The third-order valence-corrected chi connectivity index (χ3v) is 6.18. The van der Waals surface area contributed by atoms with Crippen molar-refractivity contribution in [2.45, 2.75) is 9.79 Å². The van der Waals surface area contributed by atoms with Crippen LogP contribution >= 0.6 is 35.0 Å². The van der Waals surface area contributed by atoms with Crippen molar-refractivity contribution in [1.82, 2.24) is 4.72 Å².